The second kappa shape index (κ2) is 7.03. The molecule has 1 heterocycles. The van der Waals surface area contributed by atoms with Gasteiger partial charge in [-0.15, -0.1) is 11.3 Å². The van der Waals surface area contributed by atoms with Crippen molar-refractivity contribution in [3.8, 4) is 0 Å². The molecule has 4 N–H and O–H groups in total. The van der Waals surface area contributed by atoms with Gasteiger partial charge in [-0.1, -0.05) is 6.07 Å². The summed E-state index contributed by atoms with van der Waals surface area (Å²) in [5.74, 6) is -1.42. The highest BCUT2D eigenvalue weighted by molar-refractivity contribution is 7.09. The fourth-order valence-electron chi connectivity index (χ4n) is 1.42. The van der Waals surface area contributed by atoms with Crippen LogP contribution in [0, 0.1) is 0 Å². The van der Waals surface area contributed by atoms with Gasteiger partial charge in [0, 0.05) is 17.8 Å². The smallest absolute Gasteiger partial charge is 0.320 e. The van der Waals surface area contributed by atoms with Crippen molar-refractivity contribution in [2.45, 2.75) is 25.3 Å². The number of carboxylic acids is 1. The van der Waals surface area contributed by atoms with Crippen LogP contribution in [0.1, 0.15) is 17.7 Å². The molecule has 0 aromatic carbocycles. The van der Waals surface area contributed by atoms with E-state index in [2.05, 4.69) is 5.32 Å². The maximum atomic E-state index is 10.9. The van der Waals surface area contributed by atoms with Gasteiger partial charge in [-0.25, -0.2) is 0 Å². The fraction of sp³-hybridized carbons (Fsp3) is 0.455. The van der Waals surface area contributed by atoms with E-state index in [0.717, 1.165) is 6.42 Å². The summed E-state index contributed by atoms with van der Waals surface area (Å²) >= 11 is 1.64. The molecule has 1 aromatic rings. The molecule has 6 heteroatoms. The third kappa shape index (κ3) is 5.46. The second-order valence-electron chi connectivity index (χ2n) is 3.68. The Balaban J connectivity index is 2.29. The summed E-state index contributed by atoms with van der Waals surface area (Å²) in [4.78, 5) is 22.7. The first kappa shape index (κ1) is 13.7. The van der Waals surface area contributed by atoms with E-state index < -0.39 is 17.9 Å². The van der Waals surface area contributed by atoms with Crippen molar-refractivity contribution in [3.05, 3.63) is 22.4 Å². The largest absolute Gasteiger partial charge is 0.480 e. The number of hydrogen-bond acceptors (Lipinski definition) is 4. The first-order valence-electron chi connectivity index (χ1n) is 5.36. The SMILES string of the molecule is NC(=O)CC[C@H](NCCc1cccs1)C(=O)O. The maximum absolute atomic E-state index is 10.9. The fourth-order valence-corrected chi connectivity index (χ4v) is 2.13. The number of rotatable bonds is 8. The van der Waals surface area contributed by atoms with Gasteiger partial charge in [0.25, 0.3) is 0 Å². The lowest BCUT2D eigenvalue weighted by Crippen LogP contribution is -2.38. The van der Waals surface area contributed by atoms with E-state index in [-0.39, 0.29) is 12.8 Å². The van der Waals surface area contributed by atoms with Gasteiger partial charge in [0.2, 0.25) is 5.91 Å². The van der Waals surface area contributed by atoms with Crippen molar-refractivity contribution in [2.75, 3.05) is 6.54 Å². The Labute approximate surface area is 104 Å². The Morgan fingerprint density at radius 1 is 1.53 bits per heavy atom. The highest BCUT2D eigenvalue weighted by atomic mass is 32.1. The first-order chi connectivity index (χ1) is 8.09. The molecule has 0 saturated heterocycles. The quantitative estimate of drug-likeness (QED) is 0.635. The normalized spacial score (nSPS) is 12.2. The van der Waals surface area contributed by atoms with Crippen molar-refractivity contribution in [1.29, 1.82) is 0 Å². The maximum Gasteiger partial charge on any atom is 0.320 e. The molecule has 0 saturated carbocycles. The van der Waals surface area contributed by atoms with Crippen LogP contribution in [0.15, 0.2) is 17.5 Å². The average molecular weight is 256 g/mol. The molecule has 0 radical (unpaired) electrons. The molecule has 94 valence electrons. The Morgan fingerprint density at radius 3 is 2.82 bits per heavy atom. The molecule has 0 aliphatic heterocycles. The lowest BCUT2D eigenvalue weighted by atomic mass is 10.1. The predicted molar refractivity (Wildman–Crippen MR) is 65.9 cm³/mol. The summed E-state index contributed by atoms with van der Waals surface area (Å²) in [5.41, 5.74) is 4.99. The zero-order chi connectivity index (χ0) is 12.7. The molecule has 1 aromatic heterocycles. The third-order valence-corrected chi connectivity index (χ3v) is 3.26. The second-order valence-corrected chi connectivity index (χ2v) is 4.71. The van der Waals surface area contributed by atoms with Crippen molar-refractivity contribution < 1.29 is 14.7 Å². The number of carbonyl (C=O) groups is 2. The molecular weight excluding hydrogens is 240 g/mol. The van der Waals surface area contributed by atoms with Crippen LogP contribution in [0.3, 0.4) is 0 Å². The van der Waals surface area contributed by atoms with Gasteiger partial charge in [0.05, 0.1) is 0 Å². The van der Waals surface area contributed by atoms with Crippen molar-refractivity contribution in [3.63, 3.8) is 0 Å². The summed E-state index contributed by atoms with van der Waals surface area (Å²) in [6.07, 6.45) is 1.11. The number of amides is 1. The van der Waals surface area contributed by atoms with Crippen LogP contribution in [0.2, 0.25) is 0 Å². The molecule has 0 spiro atoms. The monoisotopic (exact) mass is 256 g/mol. The highest BCUT2D eigenvalue weighted by Crippen LogP contribution is 2.08. The Morgan fingerprint density at radius 2 is 2.29 bits per heavy atom. The Bertz CT molecular complexity index is 365. The van der Waals surface area contributed by atoms with Crippen molar-refractivity contribution in [2.24, 2.45) is 5.73 Å². The molecule has 5 nitrogen and oxygen atoms in total. The molecule has 17 heavy (non-hydrogen) atoms. The molecule has 1 rings (SSSR count). The van der Waals surface area contributed by atoms with Crippen LogP contribution in [0.4, 0.5) is 0 Å². The number of hydrogen-bond donors (Lipinski definition) is 3. The van der Waals surface area contributed by atoms with E-state index >= 15 is 0 Å². The average Bonchev–Trinajstić information content (AvgIpc) is 2.74. The lowest BCUT2D eigenvalue weighted by Gasteiger charge is -2.12. The van der Waals surface area contributed by atoms with Crippen LogP contribution in [-0.4, -0.2) is 29.6 Å². The zero-order valence-corrected chi connectivity index (χ0v) is 10.2. The summed E-state index contributed by atoms with van der Waals surface area (Å²) in [5, 5.41) is 13.8. The third-order valence-electron chi connectivity index (χ3n) is 2.32. The number of carbonyl (C=O) groups excluding carboxylic acids is 1. The van der Waals surface area contributed by atoms with Gasteiger partial charge in [-0.2, -0.15) is 0 Å². The highest BCUT2D eigenvalue weighted by Gasteiger charge is 2.16. The molecule has 0 unspecified atom stereocenters. The van der Waals surface area contributed by atoms with E-state index in [1.165, 1.54) is 4.88 Å². The van der Waals surface area contributed by atoms with E-state index in [1.807, 2.05) is 17.5 Å². The number of nitrogens with two attached hydrogens (primary N) is 1. The Kier molecular flexibility index (Phi) is 5.65. The number of aliphatic carboxylic acids is 1. The van der Waals surface area contributed by atoms with E-state index in [4.69, 9.17) is 10.8 Å². The van der Waals surface area contributed by atoms with Gasteiger partial charge in [-0.05, 0) is 24.3 Å². The molecule has 1 amide bonds. The van der Waals surface area contributed by atoms with E-state index in [9.17, 15) is 9.59 Å². The molecule has 0 fully saturated rings. The van der Waals surface area contributed by atoms with Crippen LogP contribution in [-0.2, 0) is 16.0 Å². The molecule has 1 atom stereocenters. The van der Waals surface area contributed by atoms with Gasteiger partial charge in [-0.3, -0.25) is 9.59 Å². The van der Waals surface area contributed by atoms with Gasteiger partial charge >= 0.3 is 5.97 Å². The topological polar surface area (TPSA) is 92.4 Å². The van der Waals surface area contributed by atoms with Crippen LogP contribution in [0.25, 0.3) is 0 Å². The minimum atomic E-state index is -0.947. The first-order valence-corrected chi connectivity index (χ1v) is 6.24. The number of primary amides is 1. The van der Waals surface area contributed by atoms with Gasteiger partial charge in [0.15, 0.2) is 0 Å². The standard InChI is InChI=1S/C11H16N2O3S/c12-10(14)4-3-9(11(15)16)13-6-5-8-2-1-7-17-8/h1-2,7,9,13H,3-6H2,(H2,12,14)(H,15,16)/t9-/m0/s1. The molecule has 0 aliphatic carbocycles. The number of carboxylic acid groups (broad SMARTS) is 1. The summed E-state index contributed by atoms with van der Waals surface area (Å²) < 4.78 is 0. The summed E-state index contributed by atoms with van der Waals surface area (Å²) in [6.45, 7) is 0.580. The van der Waals surface area contributed by atoms with E-state index in [0.29, 0.717) is 6.54 Å². The molecule has 0 bridgehead atoms. The van der Waals surface area contributed by atoms with Crippen molar-refractivity contribution >= 4 is 23.2 Å². The Hall–Kier alpha value is -1.40. The lowest BCUT2D eigenvalue weighted by molar-refractivity contribution is -0.139. The number of thiophene rings is 1. The summed E-state index contributed by atoms with van der Waals surface area (Å²) in [6, 6.07) is 3.26. The number of nitrogens with one attached hydrogen (secondary N) is 1. The van der Waals surface area contributed by atoms with Crippen LogP contribution in [0.5, 0.6) is 0 Å². The predicted octanol–water partition coefficient (Wildman–Crippen LogP) is 0.599. The van der Waals surface area contributed by atoms with Crippen LogP contribution < -0.4 is 11.1 Å². The van der Waals surface area contributed by atoms with Gasteiger partial charge < -0.3 is 16.2 Å². The van der Waals surface area contributed by atoms with Crippen LogP contribution >= 0.6 is 11.3 Å². The van der Waals surface area contributed by atoms with Gasteiger partial charge in [0.1, 0.15) is 6.04 Å². The van der Waals surface area contributed by atoms with Crippen molar-refractivity contribution in [1.82, 2.24) is 5.32 Å². The molecular formula is C11H16N2O3S. The minimum Gasteiger partial charge on any atom is -0.480 e. The minimum absolute atomic E-state index is 0.0863. The summed E-state index contributed by atoms with van der Waals surface area (Å²) in [7, 11) is 0. The van der Waals surface area contributed by atoms with E-state index in [1.54, 1.807) is 11.3 Å². The molecule has 0 aliphatic rings. The zero-order valence-electron chi connectivity index (χ0n) is 9.39.